The number of aromatic nitrogens is 1. The Hall–Kier alpha value is -2.14. The number of nitrogens with one attached hydrogen (secondary N) is 2. The predicted octanol–water partition coefficient (Wildman–Crippen LogP) is 2.77. The average Bonchev–Trinajstić information content (AvgIpc) is 2.79. The van der Waals surface area contributed by atoms with E-state index < -0.39 is 24.5 Å². The highest BCUT2D eigenvalue weighted by atomic mass is 35.5. The minimum atomic E-state index is -1.09. The fraction of sp³-hybridized carbons (Fsp3) is 0.381. The van der Waals surface area contributed by atoms with Crippen molar-refractivity contribution in [2.24, 2.45) is 5.73 Å². The van der Waals surface area contributed by atoms with E-state index in [4.69, 9.17) is 22.1 Å². The number of carboxylic acids is 1. The molecule has 0 aliphatic heterocycles. The first-order chi connectivity index (χ1) is 15.3. The van der Waals surface area contributed by atoms with Crippen LogP contribution in [0.1, 0.15) is 6.42 Å². The molecule has 5 N–H and O–H groups in total. The summed E-state index contributed by atoms with van der Waals surface area (Å²) in [6.45, 7) is 0.0320. The highest BCUT2D eigenvalue weighted by Gasteiger charge is 2.20. The lowest BCUT2D eigenvalue weighted by Gasteiger charge is -2.17. The lowest BCUT2D eigenvalue weighted by molar-refractivity contribution is -0.142. The molecule has 2 rings (SSSR count). The summed E-state index contributed by atoms with van der Waals surface area (Å²) in [7, 11) is 0. The summed E-state index contributed by atoms with van der Waals surface area (Å²) in [4.78, 5) is 28.2. The van der Waals surface area contributed by atoms with E-state index in [2.05, 4.69) is 28.2 Å². The Bertz CT molecular complexity index is 919. The molecule has 0 fully saturated rings. The molecule has 8 nitrogen and oxygen atoms in total. The summed E-state index contributed by atoms with van der Waals surface area (Å²) in [6.07, 6.45) is 2.19. The number of amides is 1. The van der Waals surface area contributed by atoms with Gasteiger partial charge >= 0.3 is 5.97 Å². The normalized spacial score (nSPS) is 12.6. The van der Waals surface area contributed by atoms with E-state index >= 15 is 0 Å². The van der Waals surface area contributed by atoms with Gasteiger partial charge in [0.2, 0.25) is 5.88 Å². The molecule has 1 aromatic carbocycles. The minimum Gasteiger partial charge on any atom is -0.480 e. The number of nitrogens with zero attached hydrogens (tertiary/aromatic N) is 1. The number of anilines is 1. The zero-order valence-electron chi connectivity index (χ0n) is 17.6. The molecule has 0 saturated heterocycles. The Morgan fingerprint density at radius 1 is 1.31 bits per heavy atom. The summed E-state index contributed by atoms with van der Waals surface area (Å²) >= 11 is 12.0. The van der Waals surface area contributed by atoms with Gasteiger partial charge in [-0.1, -0.05) is 29.8 Å². The number of hydrogen-bond donors (Lipinski definition) is 5. The van der Waals surface area contributed by atoms with Crippen LogP contribution in [0.15, 0.2) is 36.4 Å². The minimum absolute atomic E-state index is 0.180. The third kappa shape index (κ3) is 8.09. The lowest BCUT2D eigenvalue weighted by Crippen LogP contribution is -2.43. The van der Waals surface area contributed by atoms with Crippen LogP contribution in [0.25, 0.3) is 11.3 Å². The van der Waals surface area contributed by atoms with Crippen molar-refractivity contribution in [1.82, 2.24) is 10.3 Å². The first-order valence-electron chi connectivity index (χ1n) is 9.85. The van der Waals surface area contributed by atoms with Crippen LogP contribution in [-0.4, -0.2) is 65.0 Å². The molecule has 0 aliphatic rings. The van der Waals surface area contributed by atoms with Gasteiger partial charge in [0.1, 0.15) is 6.04 Å². The average molecular weight is 499 g/mol. The van der Waals surface area contributed by atoms with E-state index in [-0.39, 0.29) is 11.9 Å². The third-order valence-corrected chi connectivity index (χ3v) is 5.83. The van der Waals surface area contributed by atoms with Crippen molar-refractivity contribution in [3.8, 4) is 17.1 Å². The van der Waals surface area contributed by atoms with E-state index in [0.717, 1.165) is 0 Å². The maximum absolute atomic E-state index is 12.3. The number of thiol groups is 1. The number of thioether (sulfide) groups is 1. The summed E-state index contributed by atoms with van der Waals surface area (Å²) < 4.78 is 5.67. The molecule has 174 valence electrons. The van der Waals surface area contributed by atoms with Gasteiger partial charge in [-0.25, -0.2) is 9.78 Å². The molecule has 2 unspecified atom stereocenters. The van der Waals surface area contributed by atoms with Crippen LogP contribution in [0.2, 0.25) is 5.02 Å². The number of hydrogen-bond acceptors (Lipinski definition) is 8. The zero-order chi connectivity index (χ0) is 23.5. The maximum atomic E-state index is 12.3. The number of ether oxygens (including phenoxy) is 1. The standard InChI is InChI=1S/C21H27ClN4O4S2/c1-32-9-8-18(21(28)29)25-19(27)11-30-20-17(24-10-13(23)12-31)7-6-16(26-20)14-4-2-3-5-15(14)22/h2-7,13,18,24,31H,8-12,23H2,1H3,(H,25,27)(H,28,29). The maximum Gasteiger partial charge on any atom is 0.326 e. The zero-order valence-corrected chi connectivity index (χ0v) is 20.1. The summed E-state index contributed by atoms with van der Waals surface area (Å²) in [5, 5.41) is 15.4. The topological polar surface area (TPSA) is 127 Å². The molecule has 0 spiro atoms. The number of carbonyl (C=O) groups is 2. The van der Waals surface area contributed by atoms with Crippen molar-refractivity contribution in [1.29, 1.82) is 0 Å². The largest absolute Gasteiger partial charge is 0.480 e. The van der Waals surface area contributed by atoms with Crippen LogP contribution in [0.5, 0.6) is 5.88 Å². The van der Waals surface area contributed by atoms with E-state index in [1.807, 2.05) is 24.5 Å². The summed E-state index contributed by atoms with van der Waals surface area (Å²) in [6, 6.07) is 9.62. The molecule has 2 aromatic rings. The number of carbonyl (C=O) groups excluding carboxylic acids is 1. The molecule has 0 radical (unpaired) electrons. The molecular weight excluding hydrogens is 472 g/mol. The van der Waals surface area contributed by atoms with Crippen LogP contribution in [0, 0.1) is 0 Å². The van der Waals surface area contributed by atoms with Crippen molar-refractivity contribution in [3.63, 3.8) is 0 Å². The van der Waals surface area contributed by atoms with Gasteiger partial charge in [0.25, 0.3) is 5.91 Å². The molecule has 0 aliphatic carbocycles. The smallest absolute Gasteiger partial charge is 0.326 e. The van der Waals surface area contributed by atoms with Gasteiger partial charge in [-0.2, -0.15) is 24.4 Å². The molecule has 1 heterocycles. The SMILES string of the molecule is CSCCC(NC(=O)COc1nc(-c2ccccc2Cl)ccc1NCC(N)CS)C(=O)O. The predicted molar refractivity (Wildman–Crippen MR) is 133 cm³/mol. The fourth-order valence-electron chi connectivity index (χ4n) is 2.67. The van der Waals surface area contributed by atoms with Crippen molar-refractivity contribution in [3.05, 3.63) is 41.4 Å². The Kier molecular flexibility index (Phi) is 10.9. The van der Waals surface area contributed by atoms with Gasteiger partial charge in [-0.15, -0.1) is 0 Å². The number of carboxylic acid groups (broad SMARTS) is 1. The Morgan fingerprint density at radius 2 is 2.06 bits per heavy atom. The highest BCUT2D eigenvalue weighted by Crippen LogP contribution is 2.31. The second kappa shape index (κ2) is 13.4. The fourth-order valence-corrected chi connectivity index (χ4v) is 3.51. The van der Waals surface area contributed by atoms with Crippen LogP contribution in [0.3, 0.4) is 0 Å². The van der Waals surface area contributed by atoms with E-state index in [1.165, 1.54) is 11.8 Å². The van der Waals surface area contributed by atoms with Gasteiger partial charge in [-0.05, 0) is 36.6 Å². The number of pyridine rings is 1. The number of rotatable bonds is 13. The monoisotopic (exact) mass is 498 g/mol. The number of benzene rings is 1. The quantitative estimate of drug-likeness (QED) is 0.267. The van der Waals surface area contributed by atoms with Crippen LogP contribution in [0.4, 0.5) is 5.69 Å². The van der Waals surface area contributed by atoms with E-state index in [9.17, 15) is 14.7 Å². The van der Waals surface area contributed by atoms with Gasteiger partial charge < -0.3 is 26.2 Å². The summed E-state index contributed by atoms with van der Waals surface area (Å²) in [5.74, 6) is -0.363. The Balaban J connectivity index is 2.18. The number of aliphatic carboxylic acids is 1. The van der Waals surface area contributed by atoms with Gasteiger partial charge in [0, 0.05) is 28.9 Å². The van der Waals surface area contributed by atoms with E-state index in [1.54, 1.807) is 18.2 Å². The molecule has 0 saturated carbocycles. The first kappa shape index (κ1) is 26.1. The second-order valence-corrected chi connectivity index (χ2v) is 8.64. The molecule has 0 bridgehead atoms. The third-order valence-electron chi connectivity index (χ3n) is 4.38. The first-order valence-corrected chi connectivity index (χ1v) is 12.3. The van der Waals surface area contributed by atoms with Gasteiger partial charge in [0.15, 0.2) is 6.61 Å². The van der Waals surface area contributed by atoms with Crippen molar-refractivity contribution >= 4 is 53.6 Å². The molecule has 11 heteroatoms. The van der Waals surface area contributed by atoms with Gasteiger partial charge in [0.05, 0.1) is 11.4 Å². The van der Waals surface area contributed by atoms with E-state index in [0.29, 0.717) is 46.4 Å². The molecule has 32 heavy (non-hydrogen) atoms. The van der Waals surface area contributed by atoms with Crippen LogP contribution < -0.4 is 21.1 Å². The summed E-state index contributed by atoms with van der Waals surface area (Å²) in [5.41, 5.74) is 7.74. The molecule has 1 aromatic heterocycles. The highest BCUT2D eigenvalue weighted by molar-refractivity contribution is 7.98. The number of halogens is 1. The Labute approximate surface area is 202 Å². The Morgan fingerprint density at radius 3 is 2.72 bits per heavy atom. The van der Waals surface area contributed by atoms with Crippen molar-refractivity contribution in [2.75, 3.05) is 36.2 Å². The lowest BCUT2D eigenvalue weighted by atomic mass is 10.1. The molecule has 1 amide bonds. The molecular formula is C21H27ClN4O4S2. The number of nitrogens with two attached hydrogens (primary N) is 1. The van der Waals surface area contributed by atoms with Crippen LogP contribution >= 0.6 is 36.0 Å². The van der Waals surface area contributed by atoms with Crippen molar-refractivity contribution < 1.29 is 19.4 Å². The molecule has 2 atom stereocenters. The van der Waals surface area contributed by atoms with Crippen LogP contribution in [-0.2, 0) is 9.59 Å². The van der Waals surface area contributed by atoms with Crippen molar-refractivity contribution in [2.45, 2.75) is 18.5 Å². The van der Waals surface area contributed by atoms with Gasteiger partial charge in [-0.3, -0.25) is 4.79 Å². The second-order valence-electron chi connectivity index (χ2n) is 6.88.